The second kappa shape index (κ2) is 7.60. The fourth-order valence-electron chi connectivity index (χ4n) is 3.31. The fraction of sp³-hybridized carbons (Fsp3) is 0.611. The van der Waals surface area contributed by atoms with Gasteiger partial charge in [-0.25, -0.2) is 0 Å². The lowest BCUT2D eigenvalue weighted by Gasteiger charge is -2.36. The van der Waals surface area contributed by atoms with Gasteiger partial charge in [-0.2, -0.15) is 0 Å². The van der Waals surface area contributed by atoms with Crippen LogP contribution in [0.4, 0.5) is 0 Å². The predicted octanol–water partition coefficient (Wildman–Crippen LogP) is 2.91. The van der Waals surface area contributed by atoms with Crippen LogP contribution in [0.1, 0.15) is 50.7 Å². The Balaban J connectivity index is 2.11. The monoisotopic (exact) mass is 288 g/mol. The van der Waals surface area contributed by atoms with Gasteiger partial charge in [-0.15, -0.1) is 0 Å². The predicted molar refractivity (Wildman–Crippen MR) is 87.1 cm³/mol. The number of hydrogen-bond donors (Lipinski definition) is 1. The van der Waals surface area contributed by atoms with Gasteiger partial charge in [0.1, 0.15) is 0 Å². The maximum absolute atomic E-state index is 12.6. The number of rotatable bonds is 6. The van der Waals surface area contributed by atoms with Crippen molar-refractivity contribution in [3.05, 3.63) is 35.4 Å². The first-order valence-electron chi connectivity index (χ1n) is 8.30. The Hall–Kier alpha value is -1.35. The Morgan fingerprint density at radius 1 is 1.29 bits per heavy atom. The van der Waals surface area contributed by atoms with Gasteiger partial charge in [0.2, 0.25) is 5.91 Å². The summed E-state index contributed by atoms with van der Waals surface area (Å²) in [6.45, 7) is 5.03. The number of carbonyl (C=O) groups excluding carboxylic acids is 1. The third-order valence-corrected chi connectivity index (χ3v) is 4.43. The van der Waals surface area contributed by atoms with Crippen molar-refractivity contribution in [3.63, 3.8) is 0 Å². The van der Waals surface area contributed by atoms with Gasteiger partial charge in [-0.05, 0) is 43.2 Å². The topological polar surface area (TPSA) is 46.3 Å². The quantitative estimate of drug-likeness (QED) is 0.875. The third-order valence-electron chi connectivity index (χ3n) is 4.43. The highest BCUT2D eigenvalue weighted by atomic mass is 16.2. The Labute approximate surface area is 128 Å². The van der Waals surface area contributed by atoms with E-state index in [9.17, 15) is 4.79 Å². The maximum atomic E-state index is 12.6. The van der Waals surface area contributed by atoms with Crippen LogP contribution in [0, 0.1) is 0 Å². The molecule has 0 radical (unpaired) electrons. The molecule has 0 bridgehead atoms. The van der Waals surface area contributed by atoms with Crippen molar-refractivity contribution >= 4 is 5.91 Å². The zero-order chi connectivity index (χ0) is 15.2. The largest absolute Gasteiger partial charge is 0.338 e. The van der Waals surface area contributed by atoms with Crippen molar-refractivity contribution in [3.8, 4) is 0 Å². The Morgan fingerprint density at radius 2 is 2.00 bits per heavy atom. The van der Waals surface area contributed by atoms with Gasteiger partial charge in [0, 0.05) is 12.6 Å². The second-order valence-corrected chi connectivity index (χ2v) is 6.09. The zero-order valence-electron chi connectivity index (χ0n) is 13.3. The summed E-state index contributed by atoms with van der Waals surface area (Å²) in [5, 5.41) is 0. The number of fused-ring (bicyclic) bond motifs is 1. The van der Waals surface area contributed by atoms with Gasteiger partial charge in [-0.3, -0.25) is 4.79 Å². The standard InChI is InChI=1S/C18H28N2O/c1-3-7-17(19)18(21)20(12-4-2)16-11-10-14-8-5-6-9-15(14)13-16/h5-6,8-9,16-17H,3-4,7,10-13,19H2,1-2H3. The van der Waals surface area contributed by atoms with Crippen molar-refractivity contribution in [1.29, 1.82) is 0 Å². The molecule has 0 spiro atoms. The fourth-order valence-corrected chi connectivity index (χ4v) is 3.31. The molecule has 1 aliphatic rings. The first-order valence-corrected chi connectivity index (χ1v) is 8.30. The van der Waals surface area contributed by atoms with Crippen molar-refractivity contribution in [2.45, 2.75) is 64.5 Å². The maximum Gasteiger partial charge on any atom is 0.239 e. The summed E-state index contributed by atoms with van der Waals surface area (Å²) in [5.41, 5.74) is 8.90. The third kappa shape index (κ3) is 3.85. The lowest BCUT2D eigenvalue weighted by atomic mass is 9.87. The Bertz CT molecular complexity index is 472. The van der Waals surface area contributed by atoms with Crippen LogP contribution in [0.2, 0.25) is 0 Å². The number of carbonyl (C=O) groups is 1. The summed E-state index contributed by atoms with van der Waals surface area (Å²) in [5.74, 6) is 0.142. The number of nitrogens with zero attached hydrogens (tertiary/aromatic N) is 1. The van der Waals surface area contributed by atoms with E-state index in [1.54, 1.807) is 0 Å². The van der Waals surface area contributed by atoms with Gasteiger partial charge in [0.05, 0.1) is 6.04 Å². The van der Waals surface area contributed by atoms with E-state index in [0.717, 1.165) is 45.1 Å². The molecule has 2 unspecified atom stereocenters. The highest BCUT2D eigenvalue weighted by Gasteiger charge is 2.29. The van der Waals surface area contributed by atoms with E-state index in [2.05, 4.69) is 43.0 Å². The van der Waals surface area contributed by atoms with Crippen molar-refractivity contribution in [2.24, 2.45) is 5.73 Å². The molecule has 0 fully saturated rings. The molecular weight excluding hydrogens is 260 g/mol. The summed E-state index contributed by atoms with van der Waals surface area (Å²) in [6.07, 6.45) is 5.82. The average molecular weight is 288 g/mol. The normalized spacial score (nSPS) is 18.9. The Morgan fingerprint density at radius 3 is 2.67 bits per heavy atom. The van der Waals surface area contributed by atoms with Gasteiger partial charge in [0.25, 0.3) is 0 Å². The highest BCUT2D eigenvalue weighted by molar-refractivity contribution is 5.82. The molecule has 2 rings (SSSR count). The number of aryl methyl sites for hydroxylation is 1. The molecule has 0 saturated carbocycles. The van der Waals surface area contributed by atoms with E-state index >= 15 is 0 Å². The SMILES string of the molecule is CCCC(N)C(=O)N(CCC)C1CCc2ccccc2C1. The van der Waals surface area contributed by atoms with E-state index in [-0.39, 0.29) is 11.9 Å². The molecule has 0 aromatic heterocycles. The molecule has 2 atom stereocenters. The first kappa shape index (κ1) is 16.0. The van der Waals surface area contributed by atoms with Crippen molar-refractivity contribution in [1.82, 2.24) is 4.90 Å². The smallest absolute Gasteiger partial charge is 0.239 e. The molecule has 0 aliphatic heterocycles. The summed E-state index contributed by atoms with van der Waals surface area (Å²) in [6, 6.07) is 8.58. The number of nitrogens with two attached hydrogens (primary N) is 1. The van der Waals surface area contributed by atoms with Crippen LogP contribution in [0.5, 0.6) is 0 Å². The molecule has 0 saturated heterocycles. The minimum Gasteiger partial charge on any atom is -0.338 e. The van der Waals surface area contributed by atoms with E-state index in [1.165, 1.54) is 11.1 Å². The second-order valence-electron chi connectivity index (χ2n) is 6.09. The van der Waals surface area contributed by atoms with Crippen LogP contribution in [0.25, 0.3) is 0 Å². The van der Waals surface area contributed by atoms with E-state index in [4.69, 9.17) is 5.73 Å². The van der Waals surface area contributed by atoms with E-state index < -0.39 is 0 Å². The molecule has 1 aliphatic carbocycles. The van der Waals surface area contributed by atoms with E-state index in [0.29, 0.717) is 6.04 Å². The number of hydrogen-bond acceptors (Lipinski definition) is 2. The van der Waals surface area contributed by atoms with Gasteiger partial charge in [0.15, 0.2) is 0 Å². The highest BCUT2D eigenvalue weighted by Crippen LogP contribution is 2.25. The molecule has 0 heterocycles. The van der Waals surface area contributed by atoms with E-state index in [1.807, 2.05) is 0 Å². The molecular formula is C18H28N2O. The summed E-state index contributed by atoms with van der Waals surface area (Å²) < 4.78 is 0. The van der Waals surface area contributed by atoms with Crippen LogP contribution >= 0.6 is 0 Å². The molecule has 3 nitrogen and oxygen atoms in total. The van der Waals surface area contributed by atoms with Crippen molar-refractivity contribution in [2.75, 3.05) is 6.54 Å². The van der Waals surface area contributed by atoms with Crippen LogP contribution in [-0.4, -0.2) is 29.4 Å². The zero-order valence-corrected chi connectivity index (χ0v) is 13.3. The Kier molecular flexibility index (Phi) is 5.80. The molecule has 1 aromatic carbocycles. The molecule has 21 heavy (non-hydrogen) atoms. The summed E-state index contributed by atoms with van der Waals surface area (Å²) in [4.78, 5) is 14.7. The molecule has 2 N–H and O–H groups in total. The lowest BCUT2D eigenvalue weighted by molar-refractivity contribution is -0.135. The molecule has 116 valence electrons. The first-order chi connectivity index (χ1) is 10.2. The van der Waals surface area contributed by atoms with Crippen LogP contribution in [0.3, 0.4) is 0 Å². The molecule has 3 heteroatoms. The average Bonchev–Trinajstić information content (AvgIpc) is 2.51. The summed E-state index contributed by atoms with van der Waals surface area (Å²) in [7, 11) is 0. The summed E-state index contributed by atoms with van der Waals surface area (Å²) >= 11 is 0. The minimum absolute atomic E-state index is 0.142. The van der Waals surface area contributed by atoms with Crippen LogP contribution < -0.4 is 5.73 Å². The molecule has 1 amide bonds. The van der Waals surface area contributed by atoms with Gasteiger partial charge < -0.3 is 10.6 Å². The van der Waals surface area contributed by atoms with Crippen molar-refractivity contribution < 1.29 is 4.79 Å². The number of benzene rings is 1. The van der Waals surface area contributed by atoms with Gasteiger partial charge in [-0.1, -0.05) is 44.5 Å². The van der Waals surface area contributed by atoms with Crippen LogP contribution in [-0.2, 0) is 17.6 Å². The lowest BCUT2D eigenvalue weighted by Crippen LogP contribution is -2.50. The van der Waals surface area contributed by atoms with Gasteiger partial charge >= 0.3 is 0 Å². The minimum atomic E-state index is -0.335. The molecule has 1 aromatic rings. The van der Waals surface area contributed by atoms with Crippen LogP contribution in [0.15, 0.2) is 24.3 Å². The number of amides is 1.